The lowest BCUT2D eigenvalue weighted by atomic mass is 9.98. The summed E-state index contributed by atoms with van der Waals surface area (Å²) in [6, 6.07) is 0. The fourth-order valence-electron chi connectivity index (χ4n) is 8.14. The summed E-state index contributed by atoms with van der Waals surface area (Å²) in [4.78, 5) is 25.7. The Morgan fingerprint density at radius 2 is 0.924 bits per heavy atom. The number of hydrogen-bond donors (Lipinski definition) is 7. The highest BCUT2D eigenvalue weighted by molar-refractivity contribution is 5.70. The van der Waals surface area contributed by atoms with Crippen LogP contribution >= 0.6 is 0 Å². The van der Waals surface area contributed by atoms with Gasteiger partial charge in [-0.2, -0.15) is 0 Å². The number of hydrogen-bond acceptors (Lipinski definition) is 15. The molecule has 0 amide bonds. The molecule has 0 spiro atoms. The lowest BCUT2D eigenvalue weighted by Crippen LogP contribution is -2.61. The van der Waals surface area contributed by atoms with Crippen molar-refractivity contribution in [3.05, 3.63) is 24.3 Å². The molecule has 0 aromatic heterocycles. The Morgan fingerprint density at radius 1 is 0.485 bits per heavy atom. The molecule has 2 aliphatic rings. The van der Waals surface area contributed by atoms with Crippen LogP contribution in [0.15, 0.2) is 24.3 Å². The van der Waals surface area contributed by atoms with Crippen LogP contribution in [0.4, 0.5) is 0 Å². The first-order valence-electron chi connectivity index (χ1n) is 25.9. The molecule has 2 fully saturated rings. The van der Waals surface area contributed by atoms with Crippen LogP contribution in [0.25, 0.3) is 0 Å². The van der Waals surface area contributed by atoms with Crippen molar-refractivity contribution in [2.24, 2.45) is 0 Å². The summed E-state index contributed by atoms with van der Waals surface area (Å²) < 4.78 is 33.5. The summed E-state index contributed by atoms with van der Waals surface area (Å²) in [7, 11) is 0. The summed E-state index contributed by atoms with van der Waals surface area (Å²) in [6.07, 6.45) is 22.2. The van der Waals surface area contributed by atoms with E-state index >= 15 is 0 Å². The largest absolute Gasteiger partial charge is 0.462 e. The van der Waals surface area contributed by atoms with Gasteiger partial charge in [-0.25, -0.2) is 0 Å². The SMILES string of the molecule is CCCCCCCCCCC/C=C/C/C=C/CCCC(=O)OC[C@@H](CO[C@@H]1O[C@H](CO[C@@H]2O[C@H](CO)[C@H](O)C(O)C2O)[C@H](O)C(O)C1O)OC(=O)CCCCCCCCCCCCCCC. The van der Waals surface area contributed by atoms with Gasteiger partial charge < -0.3 is 64.2 Å². The summed E-state index contributed by atoms with van der Waals surface area (Å²) >= 11 is 0. The highest BCUT2D eigenvalue weighted by Gasteiger charge is 2.47. The van der Waals surface area contributed by atoms with Gasteiger partial charge in [0.2, 0.25) is 0 Å². The monoisotopic (exact) mass is 945 g/mol. The van der Waals surface area contributed by atoms with Crippen LogP contribution in [0.1, 0.15) is 194 Å². The molecule has 2 aliphatic heterocycles. The smallest absolute Gasteiger partial charge is 0.306 e. The van der Waals surface area contributed by atoms with Crippen LogP contribution in [0.5, 0.6) is 0 Å². The fourth-order valence-corrected chi connectivity index (χ4v) is 8.14. The second kappa shape index (κ2) is 38.8. The van der Waals surface area contributed by atoms with Gasteiger partial charge in [-0.05, 0) is 38.5 Å². The number of aliphatic hydroxyl groups is 7. The molecular formula is C51H92O15. The van der Waals surface area contributed by atoms with Gasteiger partial charge in [0.25, 0.3) is 0 Å². The molecule has 2 heterocycles. The molecule has 0 aromatic rings. The van der Waals surface area contributed by atoms with Crippen LogP contribution in [0.2, 0.25) is 0 Å². The average molecular weight is 945 g/mol. The molecule has 2 saturated heterocycles. The van der Waals surface area contributed by atoms with Crippen molar-refractivity contribution in [3.8, 4) is 0 Å². The lowest BCUT2D eigenvalue weighted by Gasteiger charge is -2.42. The molecule has 4 unspecified atom stereocenters. The molecule has 15 nitrogen and oxygen atoms in total. The molecule has 15 heteroatoms. The predicted octanol–water partition coefficient (Wildman–Crippen LogP) is 7.16. The molecular weight excluding hydrogens is 853 g/mol. The van der Waals surface area contributed by atoms with Crippen LogP contribution in [-0.2, 0) is 38.0 Å². The molecule has 0 aliphatic carbocycles. The molecule has 2 rings (SSSR count). The van der Waals surface area contributed by atoms with Crippen LogP contribution in [-0.4, -0.2) is 142 Å². The first-order valence-corrected chi connectivity index (χ1v) is 25.9. The number of rotatable bonds is 40. The molecule has 66 heavy (non-hydrogen) atoms. The van der Waals surface area contributed by atoms with E-state index in [1.165, 1.54) is 116 Å². The molecule has 0 bridgehead atoms. The Kier molecular flexibility index (Phi) is 35.3. The van der Waals surface area contributed by atoms with E-state index in [1.54, 1.807) is 0 Å². The maximum absolute atomic E-state index is 13.0. The Labute approximate surface area is 396 Å². The first-order chi connectivity index (χ1) is 32.0. The van der Waals surface area contributed by atoms with Crippen molar-refractivity contribution < 1.29 is 73.8 Å². The number of aliphatic hydroxyl groups excluding tert-OH is 7. The normalized spacial score (nSPS) is 26.3. The molecule has 0 radical (unpaired) electrons. The summed E-state index contributed by atoms with van der Waals surface area (Å²) in [6.45, 7) is 2.55. The average Bonchev–Trinajstić information content (AvgIpc) is 3.31. The summed E-state index contributed by atoms with van der Waals surface area (Å²) in [5.74, 6) is -0.971. The Hall–Kier alpha value is -2.02. The molecule has 0 saturated carbocycles. The topological polar surface area (TPSA) is 231 Å². The van der Waals surface area contributed by atoms with Crippen molar-refractivity contribution in [2.75, 3.05) is 26.4 Å². The highest BCUT2D eigenvalue weighted by Crippen LogP contribution is 2.26. The summed E-state index contributed by atoms with van der Waals surface area (Å²) in [5.41, 5.74) is 0. The van der Waals surface area contributed by atoms with Gasteiger partial charge >= 0.3 is 11.9 Å². The van der Waals surface area contributed by atoms with E-state index in [1.807, 2.05) is 6.08 Å². The van der Waals surface area contributed by atoms with Crippen molar-refractivity contribution >= 4 is 11.9 Å². The zero-order chi connectivity index (χ0) is 48.2. The standard InChI is InChI=1S/C51H92O15/c1-3-5-7-9-11-13-15-17-18-19-20-22-23-25-27-29-31-33-42(53)61-36-39(64-43(54)34-32-30-28-26-24-21-16-14-12-10-8-6-4-2)37-62-50-49(60)47(58)45(56)41(66-50)38-63-51-48(59)46(57)44(55)40(35-52)65-51/h20,22,25,27,39-41,44-52,55-60H,3-19,21,23-24,26,28-38H2,1-2H3/b22-20+,27-25+/t39-,40+,41+,44-,45-,46?,47?,48?,49?,50+,51+/m0/s1. The van der Waals surface area contributed by atoms with Gasteiger partial charge in [0.05, 0.1) is 19.8 Å². The maximum Gasteiger partial charge on any atom is 0.306 e. The predicted molar refractivity (Wildman–Crippen MR) is 252 cm³/mol. The van der Waals surface area contributed by atoms with Gasteiger partial charge in [0.15, 0.2) is 18.7 Å². The number of unbranched alkanes of at least 4 members (excludes halogenated alkanes) is 22. The quantitative estimate of drug-likeness (QED) is 0.0184. The number of carbonyl (C=O) groups is 2. The zero-order valence-electron chi connectivity index (χ0n) is 40.7. The van der Waals surface area contributed by atoms with E-state index in [2.05, 4.69) is 32.1 Å². The lowest BCUT2D eigenvalue weighted by molar-refractivity contribution is -0.332. The van der Waals surface area contributed by atoms with Gasteiger partial charge in [0, 0.05) is 12.8 Å². The van der Waals surface area contributed by atoms with Gasteiger partial charge in [-0.3, -0.25) is 9.59 Å². The van der Waals surface area contributed by atoms with Crippen LogP contribution < -0.4 is 0 Å². The molecule has 386 valence electrons. The number of allylic oxidation sites excluding steroid dienone is 4. The van der Waals surface area contributed by atoms with Crippen molar-refractivity contribution in [3.63, 3.8) is 0 Å². The number of carbonyl (C=O) groups excluding carboxylic acids is 2. The third-order valence-electron chi connectivity index (χ3n) is 12.4. The minimum atomic E-state index is -1.77. The van der Waals surface area contributed by atoms with Crippen LogP contribution in [0, 0.1) is 0 Å². The Bertz CT molecular complexity index is 1250. The van der Waals surface area contributed by atoms with Crippen molar-refractivity contribution in [2.45, 2.75) is 261 Å². The van der Waals surface area contributed by atoms with E-state index in [9.17, 15) is 45.3 Å². The maximum atomic E-state index is 13.0. The van der Waals surface area contributed by atoms with Crippen LogP contribution in [0.3, 0.4) is 0 Å². The fraction of sp³-hybridized carbons (Fsp3) is 0.882. The van der Waals surface area contributed by atoms with E-state index in [-0.39, 0.29) is 19.4 Å². The molecule has 7 N–H and O–H groups in total. The Morgan fingerprint density at radius 3 is 1.45 bits per heavy atom. The second-order valence-electron chi connectivity index (χ2n) is 18.4. The minimum absolute atomic E-state index is 0.157. The zero-order valence-corrected chi connectivity index (χ0v) is 40.7. The van der Waals surface area contributed by atoms with E-state index in [0.29, 0.717) is 19.3 Å². The van der Waals surface area contributed by atoms with E-state index in [4.69, 9.17) is 28.4 Å². The number of ether oxygens (including phenoxy) is 6. The van der Waals surface area contributed by atoms with Gasteiger partial charge in [0.1, 0.15) is 55.4 Å². The first kappa shape index (κ1) is 60.1. The Balaban J connectivity index is 1.82. The third-order valence-corrected chi connectivity index (χ3v) is 12.4. The van der Waals surface area contributed by atoms with Crippen molar-refractivity contribution in [1.82, 2.24) is 0 Å². The highest BCUT2D eigenvalue weighted by atomic mass is 16.7. The third kappa shape index (κ3) is 26.7. The summed E-state index contributed by atoms with van der Waals surface area (Å²) in [5, 5.41) is 72.0. The molecule has 0 aromatic carbocycles. The van der Waals surface area contributed by atoms with E-state index in [0.717, 1.165) is 32.1 Å². The van der Waals surface area contributed by atoms with Gasteiger partial charge in [-0.1, -0.05) is 167 Å². The van der Waals surface area contributed by atoms with Crippen molar-refractivity contribution in [1.29, 1.82) is 0 Å². The second-order valence-corrected chi connectivity index (χ2v) is 18.4. The number of esters is 2. The van der Waals surface area contributed by atoms with Gasteiger partial charge in [-0.15, -0.1) is 0 Å². The van der Waals surface area contributed by atoms with E-state index < -0.39 is 99.3 Å². The minimum Gasteiger partial charge on any atom is -0.462 e. The molecule has 11 atom stereocenters.